The standard InChI is InChI=1S/2C5H5.2CH3.H2Si.Zr.H/c2*1-2-4-5-3-1;;;;;/h2*1-3H,4H2;2*1H3;1H2;;/q4*-1;;;-1. The van der Waals surface area contributed by atoms with Gasteiger partial charge in [0.15, 0.2) is 0 Å². The Morgan fingerprint density at radius 1 is 0.929 bits per heavy atom. The molecule has 0 heterocycles. The molecular weight excluding hydrogens is 263 g/mol. The van der Waals surface area contributed by atoms with Crippen LogP contribution >= 0.6 is 0 Å². The first-order valence-electron chi connectivity index (χ1n) is 3.79. The van der Waals surface area contributed by atoms with Crippen molar-refractivity contribution >= 4 is 6.88 Å². The van der Waals surface area contributed by atoms with E-state index in [0.717, 1.165) is 12.8 Å². The average molecular weight is 283 g/mol. The van der Waals surface area contributed by atoms with Crippen molar-refractivity contribution in [3.05, 3.63) is 63.5 Å². The first-order valence-corrected chi connectivity index (χ1v) is 9.71. The van der Waals surface area contributed by atoms with Gasteiger partial charge in [-0.05, 0) is 0 Å². The van der Waals surface area contributed by atoms with Crippen molar-refractivity contribution in [1.82, 2.24) is 0 Å². The van der Waals surface area contributed by atoms with Gasteiger partial charge < -0.3 is 16.3 Å². The van der Waals surface area contributed by atoms with E-state index >= 15 is 0 Å². The molecule has 0 aromatic carbocycles. The summed E-state index contributed by atoms with van der Waals surface area (Å²) in [5, 5.41) is 0. The molecule has 0 unspecified atom stereocenters. The SMILES string of the molecule is [C-]1=CC=CC1.[C-]1=CC=CC1.[CH3-].[CH3-].[H-].[SiH2]=[Zr]. The molecule has 0 amide bonds. The molecule has 0 bridgehead atoms. The van der Waals surface area contributed by atoms with Gasteiger partial charge in [-0.1, -0.05) is 0 Å². The van der Waals surface area contributed by atoms with Crippen molar-refractivity contribution in [3.63, 3.8) is 0 Å². The van der Waals surface area contributed by atoms with Crippen LogP contribution in [0.4, 0.5) is 0 Å². The molecule has 0 aliphatic heterocycles. The maximum absolute atomic E-state index is 2.99. The van der Waals surface area contributed by atoms with E-state index in [9.17, 15) is 0 Å². The molecule has 0 spiro atoms. The first-order chi connectivity index (χ1) is 6.00. The Hall–Kier alpha value is 0.0600. The van der Waals surface area contributed by atoms with Gasteiger partial charge in [0.2, 0.25) is 0 Å². The molecule has 0 saturated carbocycles. The van der Waals surface area contributed by atoms with Crippen molar-refractivity contribution in [1.29, 1.82) is 0 Å². The summed E-state index contributed by atoms with van der Waals surface area (Å²) in [5.41, 5.74) is 0. The normalized spacial score (nSPS) is 12.8. The molecule has 0 nitrogen and oxygen atoms in total. The molecule has 0 fully saturated rings. The van der Waals surface area contributed by atoms with Crippen LogP contribution in [0.1, 0.15) is 14.3 Å². The van der Waals surface area contributed by atoms with Crippen molar-refractivity contribution in [2.75, 3.05) is 0 Å². The van der Waals surface area contributed by atoms with Gasteiger partial charge in [-0.2, -0.15) is 12.2 Å². The Kier molecular flexibility index (Phi) is 26.3. The quantitative estimate of drug-likeness (QED) is 0.473. The fourth-order valence-corrected chi connectivity index (χ4v) is 0.680. The minimum absolute atomic E-state index is 0. The van der Waals surface area contributed by atoms with E-state index in [2.05, 4.69) is 24.3 Å². The zero-order chi connectivity index (χ0) is 9.07. The summed E-state index contributed by atoms with van der Waals surface area (Å²) in [4.78, 5) is 0. The van der Waals surface area contributed by atoms with E-state index < -0.39 is 0 Å². The number of allylic oxidation sites excluding steroid dienone is 8. The van der Waals surface area contributed by atoms with E-state index in [1.807, 2.05) is 31.2 Å². The molecule has 14 heavy (non-hydrogen) atoms. The van der Waals surface area contributed by atoms with Crippen LogP contribution in [0.3, 0.4) is 0 Å². The van der Waals surface area contributed by atoms with Crippen LogP contribution in [-0.2, 0) is 23.3 Å². The van der Waals surface area contributed by atoms with E-state index in [1.165, 1.54) is 0 Å². The molecule has 0 radical (unpaired) electrons. The second-order valence-electron chi connectivity index (χ2n) is 2.01. The fraction of sp³-hybridized carbons (Fsp3) is 0.167. The molecule has 0 aromatic heterocycles. The first kappa shape index (κ1) is 19.6. The molecule has 2 aliphatic carbocycles. The van der Waals surface area contributed by atoms with Crippen LogP contribution < -0.4 is 0 Å². The number of hydrogen-bond acceptors (Lipinski definition) is 0. The Morgan fingerprint density at radius 2 is 1.29 bits per heavy atom. The molecule has 0 N–H and O–H groups in total. The van der Waals surface area contributed by atoms with Gasteiger partial charge >= 0.3 is 30.2 Å². The summed E-state index contributed by atoms with van der Waals surface area (Å²) >= 11 is 1.58. The molecule has 0 aromatic rings. The zero-order valence-corrected chi connectivity index (χ0v) is 13.0. The fourth-order valence-electron chi connectivity index (χ4n) is 0.680. The van der Waals surface area contributed by atoms with Crippen LogP contribution in [0.2, 0.25) is 0 Å². The van der Waals surface area contributed by atoms with E-state index in [1.54, 1.807) is 23.3 Å². The van der Waals surface area contributed by atoms with E-state index in [-0.39, 0.29) is 16.3 Å². The summed E-state index contributed by atoms with van der Waals surface area (Å²) in [6, 6.07) is 0. The summed E-state index contributed by atoms with van der Waals surface area (Å²) < 4.78 is 0. The summed E-state index contributed by atoms with van der Waals surface area (Å²) in [6.45, 7) is 1.95. The zero-order valence-electron chi connectivity index (χ0n) is 10.1. The molecule has 2 aliphatic rings. The van der Waals surface area contributed by atoms with Gasteiger partial charge in [-0.25, -0.2) is 24.3 Å². The third-order valence-corrected chi connectivity index (χ3v) is 1.17. The van der Waals surface area contributed by atoms with Gasteiger partial charge in [-0.3, -0.25) is 12.2 Å². The van der Waals surface area contributed by atoms with Crippen LogP contribution in [0, 0.1) is 27.0 Å². The van der Waals surface area contributed by atoms with Crippen molar-refractivity contribution in [3.8, 4) is 0 Å². The predicted molar refractivity (Wildman–Crippen MR) is 65.6 cm³/mol. The molecular formula is C12H19SiZr-5. The summed E-state index contributed by atoms with van der Waals surface area (Å²) in [7, 11) is 0. The van der Waals surface area contributed by atoms with Crippen molar-refractivity contribution in [2.24, 2.45) is 0 Å². The minimum atomic E-state index is 0. The molecule has 80 valence electrons. The second-order valence-corrected chi connectivity index (χ2v) is 2.01. The Labute approximate surface area is 108 Å². The number of rotatable bonds is 0. The Balaban J connectivity index is -0.0000000592. The Bertz CT molecular complexity index is 166. The topological polar surface area (TPSA) is 0 Å². The molecule has 2 heteroatoms. The van der Waals surface area contributed by atoms with Gasteiger partial charge in [-0.15, -0.1) is 12.8 Å². The van der Waals surface area contributed by atoms with Crippen molar-refractivity contribution < 1.29 is 24.8 Å². The monoisotopic (exact) mass is 281 g/mol. The third kappa shape index (κ3) is 14.6. The van der Waals surface area contributed by atoms with Crippen LogP contribution in [0.25, 0.3) is 0 Å². The van der Waals surface area contributed by atoms with Crippen LogP contribution in [-0.4, -0.2) is 6.88 Å². The Morgan fingerprint density at radius 3 is 1.36 bits per heavy atom. The van der Waals surface area contributed by atoms with E-state index in [4.69, 9.17) is 0 Å². The third-order valence-electron chi connectivity index (χ3n) is 1.17. The van der Waals surface area contributed by atoms with Crippen LogP contribution in [0.5, 0.6) is 0 Å². The molecule has 0 saturated heterocycles. The summed E-state index contributed by atoms with van der Waals surface area (Å²) in [6.07, 6.45) is 20.0. The van der Waals surface area contributed by atoms with Gasteiger partial charge in [0, 0.05) is 0 Å². The van der Waals surface area contributed by atoms with Gasteiger partial charge in [0.05, 0.1) is 0 Å². The van der Waals surface area contributed by atoms with E-state index in [0.29, 0.717) is 0 Å². The van der Waals surface area contributed by atoms with Crippen molar-refractivity contribution in [2.45, 2.75) is 12.8 Å². The average Bonchev–Trinajstić information content (AvgIpc) is 2.87. The predicted octanol–water partition coefficient (Wildman–Crippen LogP) is 2.71. The summed E-state index contributed by atoms with van der Waals surface area (Å²) in [5.74, 6) is 0. The molecule has 0 atom stereocenters. The van der Waals surface area contributed by atoms with Gasteiger partial charge in [0.1, 0.15) is 0 Å². The van der Waals surface area contributed by atoms with Crippen LogP contribution in [0.15, 0.2) is 36.5 Å². The second kappa shape index (κ2) is 18.8. The number of hydrogen-bond donors (Lipinski definition) is 0. The maximum atomic E-state index is 2.99. The molecule has 2 rings (SSSR count). The van der Waals surface area contributed by atoms with Gasteiger partial charge in [0.25, 0.3) is 0 Å².